The van der Waals surface area contributed by atoms with Crippen LogP contribution in [0.5, 0.6) is 5.75 Å². The third kappa shape index (κ3) is 2.93. The summed E-state index contributed by atoms with van der Waals surface area (Å²) in [6.45, 7) is 3.86. The predicted octanol–water partition coefficient (Wildman–Crippen LogP) is 1.73. The fourth-order valence-corrected chi connectivity index (χ4v) is 2.71. The summed E-state index contributed by atoms with van der Waals surface area (Å²) in [7, 11) is 0. The van der Waals surface area contributed by atoms with Crippen LogP contribution in [0.25, 0.3) is 0 Å². The summed E-state index contributed by atoms with van der Waals surface area (Å²) in [5.74, 6) is 0.703. The maximum Gasteiger partial charge on any atom is 0.344 e. The number of aromatic amines is 1. The lowest BCUT2D eigenvalue weighted by Crippen LogP contribution is -2.19. The van der Waals surface area contributed by atoms with Gasteiger partial charge in [-0.15, -0.1) is 5.10 Å². The minimum absolute atomic E-state index is 0.0543. The number of anilines is 1. The van der Waals surface area contributed by atoms with E-state index in [1.165, 1.54) is 11.8 Å². The lowest BCUT2D eigenvalue weighted by Gasteiger charge is -2.08. The molecule has 0 radical (unpaired) electrons. The Hall–Kier alpha value is -1.89. The highest BCUT2D eigenvalue weighted by atomic mass is 32.2. The third-order valence-electron chi connectivity index (χ3n) is 2.65. The second kappa shape index (κ2) is 5.40. The molecule has 4 N–H and O–H groups in total. The highest BCUT2D eigenvalue weighted by molar-refractivity contribution is 7.98. The molecule has 0 atom stereocenters. The zero-order valence-electron chi connectivity index (χ0n) is 10.8. The summed E-state index contributed by atoms with van der Waals surface area (Å²) in [5, 5.41) is 16.4. The summed E-state index contributed by atoms with van der Waals surface area (Å²) in [6.07, 6.45) is 0. The van der Waals surface area contributed by atoms with Crippen molar-refractivity contribution in [3.05, 3.63) is 34.2 Å². The zero-order valence-corrected chi connectivity index (χ0v) is 11.6. The number of nitrogens with zero attached hydrogens (tertiary/aromatic N) is 2. The van der Waals surface area contributed by atoms with Crippen LogP contribution in [-0.4, -0.2) is 19.9 Å². The minimum atomic E-state index is -0.206. The highest BCUT2D eigenvalue weighted by Gasteiger charge is 2.12. The van der Waals surface area contributed by atoms with E-state index in [9.17, 15) is 9.90 Å². The Morgan fingerprint density at radius 2 is 2.26 bits per heavy atom. The van der Waals surface area contributed by atoms with E-state index in [0.29, 0.717) is 16.6 Å². The molecule has 0 unspecified atom stereocenters. The predicted molar refractivity (Wildman–Crippen MR) is 75.3 cm³/mol. The molecule has 6 nitrogen and oxygen atoms in total. The molecule has 2 aromatic rings. The number of thioether (sulfide) groups is 1. The maximum absolute atomic E-state index is 11.6. The number of H-pyrrole nitrogens is 1. The molecule has 0 saturated heterocycles. The van der Waals surface area contributed by atoms with Crippen LogP contribution in [0.4, 0.5) is 5.69 Å². The molecule has 0 saturated carbocycles. The van der Waals surface area contributed by atoms with E-state index in [-0.39, 0.29) is 17.5 Å². The Morgan fingerprint density at radius 3 is 2.89 bits per heavy atom. The molecule has 0 aliphatic heterocycles. The van der Waals surface area contributed by atoms with Crippen molar-refractivity contribution in [2.24, 2.45) is 0 Å². The molecule has 7 heteroatoms. The number of benzene rings is 1. The van der Waals surface area contributed by atoms with Crippen molar-refractivity contribution < 1.29 is 5.11 Å². The Balaban J connectivity index is 2.14. The Labute approximate surface area is 114 Å². The maximum atomic E-state index is 11.6. The van der Waals surface area contributed by atoms with Crippen molar-refractivity contribution in [2.45, 2.75) is 30.8 Å². The van der Waals surface area contributed by atoms with E-state index in [0.717, 1.165) is 5.56 Å². The van der Waals surface area contributed by atoms with Crippen molar-refractivity contribution in [2.75, 3.05) is 5.73 Å². The largest absolute Gasteiger partial charge is 0.506 e. The van der Waals surface area contributed by atoms with Crippen LogP contribution in [0.2, 0.25) is 0 Å². The lowest BCUT2D eigenvalue weighted by molar-refractivity contribution is 0.478. The van der Waals surface area contributed by atoms with Crippen molar-refractivity contribution in [1.82, 2.24) is 14.8 Å². The smallest absolute Gasteiger partial charge is 0.344 e. The fraction of sp³-hybridized carbons (Fsp3) is 0.333. The standard InChI is InChI=1S/C12H16N4O2S/c1-7(2)16-11(18)14-15-12(16)19-6-8-3-4-10(17)9(13)5-8/h3-5,7,17H,6,13H2,1-2H3,(H,14,18). The third-order valence-corrected chi connectivity index (χ3v) is 3.67. The molecule has 0 bridgehead atoms. The number of phenols is 1. The molecule has 1 heterocycles. The van der Waals surface area contributed by atoms with Gasteiger partial charge in [-0.05, 0) is 31.5 Å². The number of aromatic nitrogens is 3. The van der Waals surface area contributed by atoms with E-state index >= 15 is 0 Å². The molecular weight excluding hydrogens is 264 g/mol. The summed E-state index contributed by atoms with van der Waals surface area (Å²) < 4.78 is 1.61. The van der Waals surface area contributed by atoms with Gasteiger partial charge in [-0.1, -0.05) is 17.8 Å². The molecular formula is C12H16N4O2S. The molecule has 102 valence electrons. The average molecular weight is 280 g/mol. The lowest BCUT2D eigenvalue weighted by atomic mass is 10.2. The van der Waals surface area contributed by atoms with Crippen LogP contribution in [-0.2, 0) is 5.75 Å². The molecule has 1 aromatic heterocycles. The number of nitrogens with one attached hydrogen (secondary N) is 1. The van der Waals surface area contributed by atoms with Crippen LogP contribution in [0.15, 0.2) is 28.2 Å². The van der Waals surface area contributed by atoms with Crippen LogP contribution in [0.1, 0.15) is 25.5 Å². The van der Waals surface area contributed by atoms with Crippen LogP contribution < -0.4 is 11.4 Å². The van der Waals surface area contributed by atoms with Gasteiger partial charge >= 0.3 is 5.69 Å². The summed E-state index contributed by atoms with van der Waals surface area (Å²) >= 11 is 1.45. The van der Waals surface area contributed by atoms with Gasteiger partial charge in [0.05, 0.1) is 5.69 Å². The first-order valence-corrected chi connectivity index (χ1v) is 6.84. The average Bonchev–Trinajstić information content (AvgIpc) is 2.72. The van der Waals surface area contributed by atoms with Crippen LogP contribution in [0.3, 0.4) is 0 Å². The van der Waals surface area contributed by atoms with Gasteiger partial charge in [0.15, 0.2) is 5.16 Å². The molecule has 19 heavy (non-hydrogen) atoms. The van der Waals surface area contributed by atoms with Gasteiger partial charge in [-0.25, -0.2) is 9.89 Å². The fourth-order valence-electron chi connectivity index (χ4n) is 1.69. The first-order valence-electron chi connectivity index (χ1n) is 5.86. The van der Waals surface area contributed by atoms with Gasteiger partial charge in [0, 0.05) is 11.8 Å². The number of aromatic hydroxyl groups is 1. The second-order valence-corrected chi connectivity index (χ2v) is 5.40. The van der Waals surface area contributed by atoms with Gasteiger partial charge in [0.1, 0.15) is 5.75 Å². The van der Waals surface area contributed by atoms with E-state index in [2.05, 4.69) is 10.2 Å². The van der Waals surface area contributed by atoms with Gasteiger partial charge in [0.25, 0.3) is 0 Å². The van der Waals surface area contributed by atoms with E-state index in [4.69, 9.17) is 5.73 Å². The number of hydrogen-bond acceptors (Lipinski definition) is 5. The minimum Gasteiger partial charge on any atom is -0.506 e. The van der Waals surface area contributed by atoms with Gasteiger partial charge < -0.3 is 10.8 Å². The van der Waals surface area contributed by atoms with E-state index in [1.54, 1.807) is 22.8 Å². The molecule has 1 aromatic carbocycles. The second-order valence-electron chi connectivity index (χ2n) is 4.46. The van der Waals surface area contributed by atoms with Crippen molar-refractivity contribution in [3.63, 3.8) is 0 Å². The van der Waals surface area contributed by atoms with E-state index < -0.39 is 0 Å². The number of rotatable bonds is 4. The van der Waals surface area contributed by atoms with Gasteiger partial charge in [-0.2, -0.15) is 0 Å². The summed E-state index contributed by atoms with van der Waals surface area (Å²) in [5.41, 5.74) is 6.74. The van der Waals surface area contributed by atoms with Crippen molar-refractivity contribution >= 4 is 17.4 Å². The van der Waals surface area contributed by atoms with Gasteiger partial charge in [-0.3, -0.25) is 4.57 Å². The number of phenolic OH excluding ortho intramolecular Hbond substituents is 1. The quantitative estimate of drug-likeness (QED) is 0.450. The molecule has 0 fully saturated rings. The topological polar surface area (TPSA) is 96.9 Å². The Morgan fingerprint density at radius 1 is 1.53 bits per heavy atom. The molecule has 2 rings (SSSR count). The van der Waals surface area contributed by atoms with E-state index in [1.807, 2.05) is 13.8 Å². The number of hydrogen-bond donors (Lipinski definition) is 3. The number of nitrogens with two attached hydrogens (primary N) is 1. The van der Waals surface area contributed by atoms with Crippen molar-refractivity contribution in [3.8, 4) is 5.75 Å². The summed E-state index contributed by atoms with van der Waals surface area (Å²) in [6, 6.07) is 5.13. The van der Waals surface area contributed by atoms with Crippen LogP contribution >= 0.6 is 11.8 Å². The van der Waals surface area contributed by atoms with Crippen molar-refractivity contribution in [1.29, 1.82) is 0 Å². The van der Waals surface area contributed by atoms with Crippen LogP contribution in [0, 0.1) is 0 Å². The first-order chi connectivity index (χ1) is 8.99. The molecule has 0 aliphatic carbocycles. The summed E-state index contributed by atoms with van der Waals surface area (Å²) in [4.78, 5) is 11.6. The normalized spacial score (nSPS) is 11.1. The number of nitrogen functional groups attached to an aromatic ring is 1. The molecule has 0 spiro atoms. The SMILES string of the molecule is CC(C)n1c(SCc2ccc(O)c(N)c2)n[nH]c1=O. The highest BCUT2D eigenvalue weighted by Crippen LogP contribution is 2.26. The molecule has 0 amide bonds. The first kappa shape index (κ1) is 13.5. The Kier molecular flexibility index (Phi) is 3.84. The van der Waals surface area contributed by atoms with Gasteiger partial charge in [0.2, 0.25) is 0 Å². The zero-order chi connectivity index (χ0) is 14.0. The Bertz CT molecular complexity index is 633. The monoisotopic (exact) mass is 280 g/mol. The molecule has 0 aliphatic rings.